The zero-order chi connectivity index (χ0) is 13.0. The number of amides is 2. The molecule has 0 saturated heterocycles. The number of urea groups is 1. The van der Waals surface area contributed by atoms with Crippen LogP contribution in [0.1, 0.15) is 18.4 Å². The summed E-state index contributed by atoms with van der Waals surface area (Å²) >= 11 is 0. The Balaban J connectivity index is 1.81. The first-order valence-corrected chi connectivity index (χ1v) is 5.92. The molecule has 3 N–H and O–H groups in total. The van der Waals surface area contributed by atoms with Crippen molar-refractivity contribution in [1.82, 2.24) is 5.32 Å². The highest BCUT2D eigenvalue weighted by Crippen LogP contribution is 2.32. The lowest BCUT2D eigenvalue weighted by Crippen LogP contribution is -2.36. The number of nitrogens with zero attached hydrogens (tertiary/aromatic N) is 1. The molecule has 0 bridgehead atoms. The van der Waals surface area contributed by atoms with E-state index in [1.54, 1.807) is 24.3 Å². The van der Waals surface area contributed by atoms with Gasteiger partial charge >= 0.3 is 6.03 Å². The summed E-state index contributed by atoms with van der Waals surface area (Å²) in [6.07, 6.45) is 1.62. The maximum absolute atomic E-state index is 11.5. The molecule has 0 aromatic heterocycles. The summed E-state index contributed by atoms with van der Waals surface area (Å²) in [5.41, 5.74) is 1.05. The SMILES string of the molecule is N#Cc1cccc(NC(=O)NCC(O)C2CC2)c1. The third kappa shape index (κ3) is 3.47. The van der Waals surface area contributed by atoms with Gasteiger partial charge < -0.3 is 15.7 Å². The normalized spacial score (nSPS) is 15.6. The van der Waals surface area contributed by atoms with Gasteiger partial charge in [-0.05, 0) is 37.0 Å². The van der Waals surface area contributed by atoms with Gasteiger partial charge in [-0.2, -0.15) is 5.26 Å². The first-order chi connectivity index (χ1) is 8.69. The summed E-state index contributed by atoms with van der Waals surface area (Å²) in [6, 6.07) is 8.30. The zero-order valence-electron chi connectivity index (χ0n) is 9.89. The molecule has 0 spiro atoms. The van der Waals surface area contributed by atoms with Crippen LogP contribution in [0.3, 0.4) is 0 Å². The van der Waals surface area contributed by atoms with Crippen LogP contribution in [0.15, 0.2) is 24.3 Å². The van der Waals surface area contributed by atoms with E-state index in [9.17, 15) is 9.90 Å². The summed E-state index contributed by atoms with van der Waals surface area (Å²) in [4.78, 5) is 11.5. The standard InChI is InChI=1S/C13H15N3O2/c14-7-9-2-1-3-11(6-9)16-13(18)15-8-12(17)10-4-5-10/h1-3,6,10,12,17H,4-5,8H2,(H2,15,16,18). The molecule has 5 nitrogen and oxygen atoms in total. The molecule has 5 heteroatoms. The maximum atomic E-state index is 11.5. The van der Waals surface area contributed by atoms with Gasteiger partial charge in [0.25, 0.3) is 0 Å². The molecule has 18 heavy (non-hydrogen) atoms. The number of carbonyl (C=O) groups excluding carboxylic acids is 1. The summed E-state index contributed by atoms with van der Waals surface area (Å²) in [7, 11) is 0. The van der Waals surface area contributed by atoms with E-state index in [0.717, 1.165) is 12.8 Å². The van der Waals surface area contributed by atoms with E-state index < -0.39 is 6.10 Å². The van der Waals surface area contributed by atoms with E-state index in [0.29, 0.717) is 17.2 Å². The molecule has 1 aromatic carbocycles. The summed E-state index contributed by atoms with van der Waals surface area (Å²) < 4.78 is 0. The average Bonchev–Trinajstić information content (AvgIpc) is 3.20. The quantitative estimate of drug-likeness (QED) is 0.750. The number of nitriles is 1. The summed E-state index contributed by atoms with van der Waals surface area (Å²) in [5.74, 6) is 0.340. The van der Waals surface area contributed by atoms with Gasteiger partial charge in [-0.25, -0.2) is 4.79 Å². The number of nitrogens with one attached hydrogen (secondary N) is 2. The molecule has 1 saturated carbocycles. The molecule has 1 fully saturated rings. The zero-order valence-corrected chi connectivity index (χ0v) is 9.89. The molecule has 94 valence electrons. The van der Waals surface area contributed by atoms with Gasteiger partial charge in [0.1, 0.15) is 0 Å². The van der Waals surface area contributed by atoms with Crippen LogP contribution in [-0.4, -0.2) is 23.8 Å². The van der Waals surface area contributed by atoms with Crippen molar-refractivity contribution in [1.29, 1.82) is 5.26 Å². The highest BCUT2D eigenvalue weighted by molar-refractivity contribution is 5.89. The predicted molar refractivity (Wildman–Crippen MR) is 66.9 cm³/mol. The van der Waals surface area contributed by atoms with Crippen molar-refractivity contribution in [3.8, 4) is 6.07 Å². The Kier molecular flexibility index (Phi) is 3.80. The van der Waals surface area contributed by atoms with Crippen molar-refractivity contribution in [2.75, 3.05) is 11.9 Å². The third-order valence-electron chi connectivity index (χ3n) is 2.89. The first-order valence-electron chi connectivity index (χ1n) is 5.92. The molecular weight excluding hydrogens is 230 g/mol. The van der Waals surface area contributed by atoms with E-state index in [-0.39, 0.29) is 12.6 Å². The van der Waals surface area contributed by atoms with E-state index in [1.807, 2.05) is 6.07 Å². The summed E-state index contributed by atoms with van der Waals surface area (Å²) in [5, 5.41) is 23.6. The number of anilines is 1. The van der Waals surface area contributed by atoms with Crippen LogP contribution in [0.5, 0.6) is 0 Å². The Morgan fingerprint density at radius 3 is 3.00 bits per heavy atom. The highest BCUT2D eigenvalue weighted by atomic mass is 16.3. The lowest BCUT2D eigenvalue weighted by molar-refractivity contribution is 0.150. The van der Waals surface area contributed by atoms with E-state index in [2.05, 4.69) is 10.6 Å². The molecule has 2 rings (SSSR count). The number of carbonyl (C=O) groups is 1. The van der Waals surface area contributed by atoms with Gasteiger partial charge in [0.05, 0.1) is 17.7 Å². The number of aliphatic hydroxyl groups excluding tert-OH is 1. The molecule has 1 unspecified atom stereocenters. The van der Waals surface area contributed by atoms with E-state index in [1.165, 1.54) is 0 Å². The third-order valence-corrected chi connectivity index (χ3v) is 2.89. The Bertz CT molecular complexity index is 477. The number of hydrogen-bond donors (Lipinski definition) is 3. The molecular formula is C13H15N3O2. The van der Waals surface area contributed by atoms with E-state index in [4.69, 9.17) is 5.26 Å². The fourth-order valence-corrected chi connectivity index (χ4v) is 1.69. The predicted octanol–water partition coefficient (Wildman–Crippen LogP) is 1.45. The van der Waals surface area contributed by atoms with Gasteiger partial charge in [0, 0.05) is 12.2 Å². The number of rotatable bonds is 4. The molecule has 1 atom stereocenters. The second-order valence-electron chi connectivity index (χ2n) is 4.43. The van der Waals surface area contributed by atoms with Crippen LogP contribution in [0.2, 0.25) is 0 Å². The fraction of sp³-hybridized carbons (Fsp3) is 0.385. The Labute approximate surface area is 105 Å². The van der Waals surface area contributed by atoms with Crippen LogP contribution in [0.4, 0.5) is 10.5 Å². The van der Waals surface area contributed by atoms with Crippen LogP contribution in [-0.2, 0) is 0 Å². The molecule has 2 amide bonds. The Morgan fingerprint density at radius 1 is 1.56 bits per heavy atom. The second-order valence-corrected chi connectivity index (χ2v) is 4.43. The average molecular weight is 245 g/mol. The van der Waals surface area contributed by atoms with Crippen molar-refractivity contribution < 1.29 is 9.90 Å². The lowest BCUT2D eigenvalue weighted by Gasteiger charge is -2.11. The lowest BCUT2D eigenvalue weighted by atomic mass is 10.2. The van der Waals surface area contributed by atoms with E-state index >= 15 is 0 Å². The highest BCUT2D eigenvalue weighted by Gasteiger charge is 2.29. The van der Waals surface area contributed by atoms with Crippen molar-refractivity contribution >= 4 is 11.7 Å². The monoisotopic (exact) mass is 245 g/mol. The van der Waals surface area contributed by atoms with Crippen LogP contribution in [0, 0.1) is 17.2 Å². The Hall–Kier alpha value is -2.06. The minimum absolute atomic E-state index is 0.258. The largest absolute Gasteiger partial charge is 0.391 e. The summed E-state index contributed by atoms with van der Waals surface area (Å²) in [6.45, 7) is 0.258. The fourth-order valence-electron chi connectivity index (χ4n) is 1.69. The maximum Gasteiger partial charge on any atom is 0.319 e. The van der Waals surface area contributed by atoms with Gasteiger partial charge in [0.15, 0.2) is 0 Å². The minimum Gasteiger partial charge on any atom is -0.391 e. The molecule has 0 heterocycles. The molecule has 1 aliphatic carbocycles. The van der Waals surface area contributed by atoms with Crippen LogP contribution < -0.4 is 10.6 Å². The molecule has 1 aromatic rings. The van der Waals surface area contributed by atoms with Gasteiger partial charge in [-0.3, -0.25) is 0 Å². The van der Waals surface area contributed by atoms with Gasteiger partial charge in [0.2, 0.25) is 0 Å². The van der Waals surface area contributed by atoms with Crippen LogP contribution >= 0.6 is 0 Å². The van der Waals surface area contributed by atoms with Crippen molar-refractivity contribution in [3.05, 3.63) is 29.8 Å². The first kappa shape index (κ1) is 12.4. The van der Waals surface area contributed by atoms with Gasteiger partial charge in [-0.15, -0.1) is 0 Å². The van der Waals surface area contributed by atoms with Crippen LogP contribution in [0.25, 0.3) is 0 Å². The number of hydrogen-bond acceptors (Lipinski definition) is 3. The molecule has 1 aliphatic rings. The Morgan fingerprint density at radius 2 is 2.33 bits per heavy atom. The molecule has 0 aliphatic heterocycles. The minimum atomic E-state index is -0.457. The van der Waals surface area contributed by atoms with Gasteiger partial charge in [-0.1, -0.05) is 6.07 Å². The van der Waals surface area contributed by atoms with Crippen molar-refractivity contribution in [2.24, 2.45) is 5.92 Å². The topological polar surface area (TPSA) is 85.2 Å². The number of benzene rings is 1. The number of aliphatic hydroxyl groups is 1. The van der Waals surface area contributed by atoms with Crippen molar-refractivity contribution in [2.45, 2.75) is 18.9 Å². The second kappa shape index (κ2) is 5.52. The molecule has 0 radical (unpaired) electrons. The van der Waals surface area contributed by atoms with Crippen molar-refractivity contribution in [3.63, 3.8) is 0 Å². The smallest absolute Gasteiger partial charge is 0.319 e.